The Morgan fingerprint density at radius 1 is 1.35 bits per heavy atom. The highest BCUT2D eigenvalue weighted by atomic mass is 19.2. The van der Waals surface area contributed by atoms with E-state index in [1.165, 1.54) is 0 Å². The average Bonchev–Trinajstić information content (AvgIpc) is 2.40. The van der Waals surface area contributed by atoms with E-state index in [1.54, 1.807) is 12.1 Å². The first-order valence-electron chi connectivity index (χ1n) is 7.35. The lowest BCUT2D eigenvalue weighted by atomic mass is 9.77. The van der Waals surface area contributed by atoms with Crippen molar-refractivity contribution in [3.05, 3.63) is 35.4 Å². The first kappa shape index (κ1) is 15.4. The quantitative estimate of drug-likeness (QED) is 0.829. The summed E-state index contributed by atoms with van der Waals surface area (Å²) in [6.07, 6.45) is 4.06. The monoisotopic (exact) mass is 283 g/mol. The van der Waals surface area contributed by atoms with Gasteiger partial charge in [0.25, 0.3) is 0 Å². The smallest absolute Gasteiger partial charge is 0.162 e. The molecule has 1 aromatic carbocycles. The van der Waals surface area contributed by atoms with Crippen molar-refractivity contribution in [1.82, 2.24) is 5.32 Å². The van der Waals surface area contributed by atoms with Crippen molar-refractivity contribution in [3.8, 4) is 0 Å². The second kappa shape index (κ2) is 7.14. The van der Waals surface area contributed by atoms with Crippen LogP contribution < -0.4 is 5.32 Å². The molecule has 1 fully saturated rings. The SMILES string of the molecule is CCOC1CC(CC(Cc2cccc(F)c2F)NC)C1. The Labute approximate surface area is 119 Å². The summed E-state index contributed by atoms with van der Waals surface area (Å²) in [4.78, 5) is 0. The molecule has 0 heterocycles. The van der Waals surface area contributed by atoms with Gasteiger partial charge < -0.3 is 10.1 Å². The summed E-state index contributed by atoms with van der Waals surface area (Å²) >= 11 is 0. The Bertz CT molecular complexity index is 432. The molecule has 0 saturated heterocycles. The number of hydrogen-bond donors (Lipinski definition) is 1. The summed E-state index contributed by atoms with van der Waals surface area (Å²) in [6, 6.07) is 4.56. The third kappa shape index (κ3) is 3.76. The molecule has 0 spiro atoms. The molecule has 20 heavy (non-hydrogen) atoms. The second-order valence-corrected chi connectivity index (χ2v) is 5.55. The minimum atomic E-state index is -0.766. The molecule has 112 valence electrons. The molecule has 0 bridgehead atoms. The van der Waals surface area contributed by atoms with E-state index in [-0.39, 0.29) is 6.04 Å². The molecule has 4 heteroatoms. The highest BCUT2D eigenvalue weighted by Crippen LogP contribution is 2.34. The van der Waals surface area contributed by atoms with Crippen molar-refractivity contribution < 1.29 is 13.5 Å². The summed E-state index contributed by atoms with van der Waals surface area (Å²) in [5, 5.41) is 3.21. The molecule has 0 amide bonds. The Kier molecular flexibility index (Phi) is 5.49. The van der Waals surface area contributed by atoms with Gasteiger partial charge in [-0.3, -0.25) is 0 Å². The van der Waals surface area contributed by atoms with Crippen molar-refractivity contribution in [2.75, 3.05) is 13.7 Å². The fraction of sp³-hybridized carbons (Fsp3) is 0.625. The topological polar surface area (TPSA) is 21.3 Å². The summed E-state index contributed by atoms with van der Waals surface area (Å²) in [5.74, 6) is -0.855. The molecule has 1 atom stereocenters. The third-order valence-electron chi connectivity index (χ3n) is 4.12. The molecule has 1 aliphatic rings. The van der Waals surface area contributed by atoms with Crippen LogP contribution in [0, 0.1) is 17.6 Å². The fourth-order valence-corrected chi connectivity index (χ4v) is 2.92. The molecule has 1 unspecified atom stereocenters. The summed E-state index contributed by atoms with van der Waals surface area (Å²) in [7, 11) is 1.88. The van der Waals surface area contributed by atoms with Crippen LogP contribution in [0.15, 0.2) is 18.2 Å². The van der Waals surface area contributed by atoms with Gasteiger partial charge in [-0.1, -0.05) is 12.1 Å². The lowest BCUT2D eigenvalue weighted by Gasteiger charge is -2.37. The molecule has 2 rings (SSSR count). The Morgan fingerprint density at radius 2 is 2.10 bits per heavy atom. The van der Waals surface area contributed by atoms with Crippen molar-refractivity contribution in [1.29, 1.82) is 0 Å². The van der Waals surface area contributed by atoms with Gasteiger partial charge in [-0.25, -0.2) is 8.78 Å². The molecule has 0 radical (unpaired) electrons. The van der Waals surface area contributed by atoms with E-state index in [1.807, 2.05) is 14.0 Å². The van der Waals surface area contributed by atoms with Crippen LogP contribution in [0.3, 0.4) is 0 Å². The average molecular weight is 283 g/mol. The van der Waals surface area contributed by atoms with Gasteiger partial charge >= 0.3 is 0 Å². The first-order chi connectivity index (χ1) is 9.63. The van der Waals surface area contributed by atoms with E-state index in [0.717, 1.165) is 31.9 Å². The number of ether oxygens (including phenoxy) is 1. The van der Waals surface area contributed by atoms with Crippen LogP contribution in [0.2, 0.25) is 0 Å². The number of halogens is 2. The van der Waals surface area contributed by atoms with E-state index in [2.05, 4.69) is 5.32 Å². The maximum atomic E-state index is 13.7. The molecule has 1 N–H and O–H groups in total. The number of benzene rings is 1. The molecule has 0 aromatic heterocycles. The minimum absolute atomic E-state index is 0.180. The third-order valence-corrected chi connectivity index (χ3v) is 4.12. The maximum Gasteiger partial charge on any atom is 0.162 e. The van der Waals surface area contributed by atoms with Crippen LogP contribution in [0.5, 0.6) is 0 Å². The molecular formula is C16H23F2NO. The number of rotatable bonds is 7. The van der Waals surface area contributed by atoms with Gasteiger partial charge in [0.1, 0.15) is 0 Å². The fourth-order valence-electron chi connectivity index (χ4n) is 2.92. The second-order valence-electron chi connectivity index (χ2n) is 5.55. The van der Waals surface area contributed by atoms with E-state index in [4.69, 9.17) is 4.74 Å². The van der Waals surface area contributed by atoms with Gasteiger partial charge in [0, 0.05) is 12.6 Å². The van der Waals surface area contributed by atoms with E-state index in [0.29, 0.717) is 24.0 Å². The van der Waals surface area contributed by atoms with E-state index < -0.39 is 11.6 Å². The maximum absolute atomic E-state index is 13.7. The van der Waals surface area contributed by atoms with Crippen LogP contribution in [-0.4, -0.2) is 25.8 Å². The number of nitrogens with one attached hydrogen (secondary N) is 1. The normalized spacial score (nSPS) is 23.4. The van der Waals surface area contributed by atoms with Crippen molar-refractivity contribution in [3.63, 3.8) is 0 Å². The van der Waals surface area contributed by atoms with Crippen LogP contribution in [0.4, 0.5) is 8.78 Å². The molecule has 1 aliphatic carbocycles. The summed E-state index contributed by atoms with van der Waals surface area (Å²) < 4.78 is 32.4. The van der Waals surface area contributed by atoms with Gasteiger partial charge in [-0.15, -0.1) is 0 Å². The minimum Gasteiger partial charge on any atom is -0.378 e. The van der Waals surface area contributed by atoms with Crippen molar-refractivity contribution >= 4 is 0 Å². The van der Waals surface area contributed by atoms with Crippen molar-refractivity contribution in [2.24, 2.45) is 5.92 Å². The molecule has 1 aromatic rings. The predicted octanol–water partition coefficient (Wildman–Crippen LogP) is 3.30. The summed E-state index contributed by atoms with van der Waals surface area (Å²) in [5.41, 5.74) is 0.449. The molecule has 0 aliphatic heterocycles. The number of likely N-dealkylation sites (N-methyl/N-ethyl adjacent to an activating group) is 1. The highest BCUT2D eigenvalue weighted by Gasteiger charge is 2.31. The van der Waals surface area contributed by atoms with Crippen LogP contribution in [0.1, 0.15) is 31.7 Å². The number of hydrogen-bond acceptors (Lipinski definition) is 2. The van der Waals surface area contributed by atoms with E-state index >= 15 is 0 Å². The lowest BCUT2D eigenvalue weighted by molar-refractivity contribution is -0.0288. The standard InChI is InChI=1S/C16H23F2NO/c1-3-20-14-8-11(9-14)7-13(19-2)10-12-5-4-6-15(17)16(12)18/h4-6,11,13-14,19H,3,7-10H2,1-2H3. The van der Waals surface area contributed by atoms with Gasteiger partial charge in [-0.05, 0) is 57.2 Å². The van der Waals surface area contributed by atoms with Crippen molar-refractivity contribution in [2.45, 2.75) is 44.8 Å². The first-order valence-corrected chi connectivity index (χ1v) is 7.35. The van der Waals surface area contributed by atoms with Crippen LogP contribution in [-0.2, 0) is 11.2 Å². The predicted molar refractivity (Wildman–Crippen MR) is 75.7 cm³/mol. The zero-order chi connectivity index (χ0) is 14.5. The molecule has 1 saturated carbocycles. The zero-order valence-electron chi connectivity index (χ0n) is 12.2. The van der Waals surface area contributed by atoms with Gasteiger partial charge in [0.2, 0.25) is 0 Å². The Morgan fingerprint density at radius 3 is 2.75 bits per heavy atom. The zero-order valence-corrected chi connectivity index (χ0v) is 12.2. The molecular weight excluding hydrogens is 260 g/mol. The van der Waals surface area contributed by atoms with Gasteiger partial charge in [0.05, 0.1) is 6.10 Å². The molecule has 2 nitrogen and oxygen atoms in total. The van der Waals surface area contributed by atoms with E-state index in [9.17, 15) is 8.78 Å². The highest BCUT2D eigenvalue weighted by molar-refractivity contribution is 5.20. The lowest BCUT2D eigenvalue weighted by Crippen LogP contribution is -2.38. The largest absolute Gasteiger partial charge is 0.378 e. The van der Waals surface area contributed by atoms with Gasteiger partial charge in [0.15, 0.2) is 11.6 Å². The summed E-state index contributed by atoms with van der Waals surface area (Å²) in [6.45, 7) is 2.78. The van der Waals surface area contributed by atoms with Crippen LogP contribution in [0.25, 0.3) is 0 Å². The van der Waals surface area contributed by atoms with Crippen LogP contribution >= 0.6 is 0 Å². The van der Waals surface area contributed by atoms with Gasteiger partial charge in [-0.2, -0.15) is 0 Å². The Hall–Kier alpha value is -1.00. The Balaban J connectivity index is 1.85.